The second-order valence-corrected chi connectivity index (χ2v) is 5.75. The molecule has 0 radical (unpaired) electrons. The van der Waals surface area contributed by atoms with Gasteiger partial charge in [-0.1, -0.05) is 12.1 Å². The number of esters is 1. The molecule has 1 aromatic rings. The third kappa shape index (κ3) is 4.11. The standard InChI is InChI=1S/C18H22N4O6/c1-5-27-16(23)14-11(3)20-17(19-4)21(18(24)28-6-2)15(14)12-8-7-9-13(10-12)22(25)26/h7-10,15H,5-6H2,1-4H3,(H,19,20). The number of carbonyl (C=O) groups excluding carboxylic acids is 2. The van der Waals surface area contributed by atoms with Crippen LogP contribution in [0.15, 0.2) is 40.5 Å². The Balaban J connectivity index is 2.72. The smallest absolute Gasteiger partial charge is 0.417 e. The molecular formula is C18H22N4O6. The summed E-state index contributed by atoms with van der Waals surface area (Å²) < 4.78 is 10.3. The molecule has 1 aliphatic rings. The Labute approximate surface area is 162 Å². The predicted octanol–water partition coefficient (Wildman–Crippen LogP) is 2.52. The molecule has 1 atom stereocenters. The first-order chi connectivity index (χ1) is 13.3. The summed E-state index contributed by atoms with van der Waals surface area (Å²) >= 11 is 0. The van der Waals surface area contributed by atoms with Crippen molar-refractivity contribution >= 4 is 23.7 Å². The number of nitrogens with one attached hydrogen (secondary N) is 1. The fraction of sp³-hybridized carbons (Fsp3) is 0.389. The Kier molecular flexibility index (Phi) is 6.69. The van der Waals surface area contributed by atoms with Crippen LogP contribution in [0.1, 0.15) is 32.4 Å². The van der Waals surface area contributed by atoms with E-state index in [-0.39, 0.29) is 30.4 Å². The molecule has 1 heterocycles. The minimum atomic E-state index is -1.00. The molecule has 0 fully saturated rings. The van der Waals surface area contributed by atoms with E-state index in [4.69, 9.17) is 9.47 Å². The van der Waals surface area contributed by atoms with Crippen LogP contribution in [0.25, 0.3) is 0 Å². The molecule has 1 amide bonds. The number of nitro benzene ring substituents is 1. The quantitative estimate of drug-likeness (QED) is 0.465. The largest absolute Gasteiger partial charge is 0.463 e. The molecular weight excluding hydrogens is 368 g/mol. The van der Waals surface area contributed by atoms with E-state index >= 15 is 0 Å². The van der Waals surface area contributed by atoms with Crippen LogP contribution in [0.2, 0.25) is 0 Å². The maximum absolute atomic E-state index is 12.7. The number of allylic oxidation sites excluding steroid dienone is 1. The van der Waals surface area contributed by atoms with E-state index in [2.05, 4.69) is 10.3 Å². The number of amides is 1. The molecule has 0 saturated heterocycles. The van der Waals surface area contributed by atoms with Gasteiger partial charge in [0.05, 0.1) is 23.7 Å². The molecule has 10 nitrogen and oxygen atoms in total. The van der Waals surface area contributed by atoms with Gasteiger partial charge in [0.25, 0.3) is 5.69 Å². The minimum absolute atomic E-state index is 0.103. The van der Waals surface area contributed by atoms with E-state index in [0.717, 1.165) is 4.90 Å². The van der Waals surface area contributed by atoms with E-state index in [1.54, 1.807) is 26.8 Å². The van der Waals surface area contributed by atoms with Crippen LogP contribution in [-0.2, 0) is 14.3 Å². The van der Waals surface area contributed by atoms with E-state index in [1.165, 1.54) is 25.2 Å². The Hall–Kier alpha value is -3.43. The van der Waals surface area contributed by atoms with E-state index in [1.807, 2.05) is 0 Å². The molecule has 0 saturated carbocycles. The van der Waals surface area contributed by atoms with Gasteiger partial charge < -0.3 is 14.8 Å². The fourth-order valence-electron chi connectivity index (χ4n) is 2.90. The van der Waals surface area contributed by atoms with Crippen LogP contribution in [0.5, 0.6) is 0 Å². The Morgan fingerprint density at radius 2 is 1.96 bits per heavy atom. The number of hydrogen-bond donors (Lipinski definition) is 1. The summed E-state index contributed by atoms with van der Waals surface area (Å²) in [6.45, 7) is 5.18. The number of benzene rings is 1. The van der Waals surface area contributed by atoms with Gasteiger partial charge in [0, 0.05) is 24.9 Å². The zero-order valence-electron chi connectivity index (χ0n) is 16.1. The highest BCUT2D eigenvalue weighted by Gasteiger charge is 2.41. The lowest BCUT2D eigenvalue weighted by atomic mass is 9.93. The summed E-state index contributed by atoms with van der Waals surface area (Å²) in [5.74, 6) is -0.492. The summed E-state index contributed by atoms with van der Waals surface area (Å²) in [5.41, 5.74) is 0.752. The van der Waals surface area contributed by atoms with E-state index in [9.17, 15) is 19.7 Å². The Morgan fingerprint density at radius 3 is 2.54 bits per heavy atom. The van der Waals surface area contributed by atoms with Gasteiger partial charge >= 0.3 is 12.1 Å². The zero-order chi connectivity index (χ0) is 20.8. The van der Waals surface area contributed by atoms with Crippen molar-refractivity contribution in [1.29, 1.82) is 0 Å². The third-order valence-corrected chi connectivity index (χ3v) is 4.03. The highest BCUT2D eigenvalue weighted by molar-refractivity contribution is 6.02. The van der Waals surface area contributed by atoms with Gasteiger partial charge in [-0.3, -0.25) is 15.1 Å². The first kappa shape index (κ1) is 20.9. The number of nitrogens with zero attached hydrogens (tertiary/aromatic N) is 3. The number of aliphatic imine (C=N–C) groups is 1. The summed E-state index contributed by atoms with van der Waals surface area (Å²) in [6.07, 6.45) is -0.749. The SMILES string of the molecule is CCOC(=O)C1=C(C)NC(=NC)N(C(=O)OCC)C1c1cccc([N+](=O)[O-])c1. The molecule has 1 N–H and O–H groups in total. The monoisotopic (exact) mass is 390 g/mol. The second kappa shape index (κ2) is 8.98. The van der Waals surface area contributed by atoms with Crippen molar-refractivity contribution in [2.75, 3.05) is 20.3 Å². The number of hydrogen-bond acceptors (Lipinski definition) is 7. The lowest BCUT2D eigenvalue weighted by Crippen LogP contribution is -2.52. The summed E-state index contributed by atoms with van der Waals surface area (Å²) in [4.78, 5) is 41.2. The lowest BCUT2D eigenvalue weighted by molar-refractivity contribution is -0.384. The van der Waals surface area contributed by atoms with Crippen molar-refractivity contribution < 1.29 is 24.0 Å². The van der Waals surface area contributed by atoms with Gasteiger partial charge in [-0.05, 0) is 26.3 Å². The summed E-state index contributed by atoms with van der Waals surface area (Å²) in [5, 5.41) is 14.1. The molecule has 0 spiro atoms. The Morgan fingerprint density at radius 1 is 1.29 bits per heavy atom. The van der Waals surface area contributed by atoms with Crippen LogP contribution < -0.4 is 5.32 Å². The topological polar surface area (TPSA) is 123 Å². The molecule has 1 aromatic carbocycles. The van der Waals surface area contributed by atoms with Gasteiger partial charge in [-0.2, -0.15) is 0 Å². The van der Waals surface area contributed by atoms with Crippen molar-refractivity contribution in [2.24, 2.45) is 4.99 Å². The summed E-state index contributed by atoms with van der Waals surface area (Å²) in [7, 11) is 1.47. The van der Waals surface area contributed by atoms with Gasteiger partial charge in [-0.25, -0.2) is 14.5 Å². The Bertz CT molecular complexity index is 848. The molecule has 0 bridgehead atoms. The van der Waals surface area contributed by atoms with Gasteiger partial charge in [0.1, 0.15) is 6.04 Å². The third-order valence-electron chi connectivity index (χ3n) is 4.03. The van der Waals surface area contributed by atoms with Crippen LogP contribution in [0, 0.1) is 10.1 Å². The summed E-state index contributed by atoms with van der Waals surface area (Å²) in [6, 6.07) is 4.71. The average molecular weight is 390 g/mol. The minimum Gasteiger partial charge on any atom is -0.463 e. The molecule has 150 valence electrons. The van der Waals surface area contributed by atoms with Crippen molar-refractivity contribution in [2.45, 2.75) is 26.8 Å². The highest BCUT2D eigenvalue weighted by atomic mass is 16.6. The molecule has 0 aromatic heterocycles. The number of guanidine groups is 1. The molecule has 1 unspecified atom stereocenters. The van der Waals surface area contributed by atoms with Crippen molar-refractivity contribution in [3.8, 4) is 0 Å². The first-order valence-corrected chi connectivity index (χ1v) is 8.67. The predicted molar refractivity (Wildman–Crippen MR) is 101 cm³/mol. The molecule has 0 aliphatic carbocycles. The fourth-order valence-corrected chi connectivity index (χ4v) is 2.90. The molecule has 2 rings (SSSR count). The number of ether oxygens (including phenoxy) is 2. The van der Waals surface area contributed by atoms with Crippen molar-refractivity contribution in [3.05, 3.63) is 51.2 Å². The number of carbonyl (C=O) groups is 2. The van der Waals surface area contributed by atoms with Crippen LogP contribution in [0.3, 0.4) is 0 Å². The first-order valence-electron chi connectivity index (χ1n) is 8.67. The zero-order valence-corrected chi connectivity index (χ0v) is 16.1. The number of nitro groups is 1. The van der Waals surface area contributed by atoms with Gasteiger partial charge in [0.15, 0.2) is 0 Å². The van der Waals surface area contributed by atoms with Gasteiger partial charge in [-0.15, -0.1) is 0 Å². The molecule has 1 aliphatic heterocycles. The average Bonchev–Trinajstić information content (AvgIpc) is 2.67. The number of non-ortho nitro benzene ring substituents is 1. The second-order valence-electron chi connectivity index (χ2n) is 5.75. The maximum Gasteiger partial charge on any atom is 0.417 e. The molecule has 10 heteroatoms. The lowest BCUT2D eigenvalue weighted by Gasteiger charge is -2.37. The normalized spacial score (nSPS) is 17.9. The van der Waals surface area contributed by atoms with Crippen LogP contribution in [0.4, 0.5) is 10.5 Å². The number of rotatable bonds is 5. The maximum atomic E-state index is 12.7. The van der Waals surface area contributed by atoms with E-state index < -0.39 is 23.0 Å². The van der Waals surface area contributed by atoms with Crippen molar-refractivity contribution in [3.63, 3.8) is 0 Å². The van der Waals surface area contributed by atoms with Crippen LogP contribution >= 0.6 is 0 Å². The van der Waals surface area contributed by atoms with Gasteiger partial charge in [0.2, 0.25) is 5.96 Å². The molecule has 28 heavy (non-hydrogen) atoms. The van der Waals surface area contributed by atoms with E-state index in [0.29, 0.717) is 11.3 Å². The van der Waals surface area contributed by atoms with Crippen LogP contribution in [-0.4, -0.2) is 48.1 Å². The highest BCUT2D eigenvalue weighted by Crippen LogP contribution is 2.36. The van der Waals surface area contributed by atoms with Crippen molar-refractivity contribution in [1.82, 2.24) is 10.2 Å².